The van der Waals surface area contributed by atoms with Crippen LogP contribution < -0.4 is 4.74 Å². The van der Waals surface area contributed by atoms with E-state index in [1.54, 1.807) is 6.20 Å². The van der Waals surface area contributed by atoms with Crippen LogP contribution in [0.1, 0.15) is 24.0 Å². The summed E-state index contributed by atoms with van der Waals surface area (Å²) in [7, 11) is 2.08. The number of rotatable bonds is 9. The molecule has 2 aromatic rings. The van der Waals surface area contributed by atoms with E-state index in [2.05, 4.69) is 34.0 Å². The maximum atomic E-state index is 10.3. The highest BCUT2D eigenvalue weighted by atomic mass is 16.5. The van der Waals surface area contributed by atoms with E-state index in [0.717, 1.165) is 44.8 Å². The smallest absolute Gasteiger partial charge is 0.119 e. The quantitative estimate of drug-likeness (QED) is 0.687. The average Bonchev–Trinajstić information content (AvgIpc) is 2.69. The number of benzene rings is 1. The molecule has 1 aliphatic heterocycles. The Morgan fingerprint density at radius 2 is 1.93 bits per heavy atom. The van der Waals surface area contributed by atoms with E-state index in [1.807, 2.05) is 30.5 Å². The number of aliphatic hydroxyl groups is 2. The fourth-order valence-electron chi connectivity index (χ4n) is 3.55. The van der Waals surface area contributed by atoms with E-state index in [-0.39, 0.29) is 12.7 Å². The summed E-state index contributed by atoms with van der Waals surface area (Å²) >= 11 is 0. The number of aromatic nitrogens is 1. The lowest BCUT2D eigenvalue weighted by Crippen LogP contribution is -2.41. The number of aliphatic hydroxyl groups excluding tert-OH is 2. The van der Waals surface area contributed by atoms with Gasteiger partial charge in [0.05, 0.1) is 6.10 Å². The average molecular weight is 386 g/mol. The van der Waals surface area contributed by atoms with Crippen molar-refractivity contribution >= 4 is 0 Å². The minimum atomic E-state index is -0.535. The normalized spacial score (nSPS) is 17.0. The van der Waals surface area contributed by atoms with Crippen molar-refractivity contribution in [1.82, 2.24) is 14.8 Å². The maximum Gasteiger partial charge on any atom is 0.119 e. The van der Waals surface area contributed by atoms with Crippen molar-refractivity contribution in [3.8, 4) is 5.75 Å². The molecule has 6 heteroatoms. The van der Waals surface area contributed by atoms with Gasteiger partial charge in [-0.05, 0) is 49.2 Å². The molecule has 1 aromatic carbocycles. The Balaban J connectivity index is 1.43. The van der Waals surface area contributed by atoms with Crippen LogP contribution in [-0.4, -0.2) is 70.5 Å². The highest BCUT2D eigenvalue weighted by Gasteiger charge is 2.19. The number of pyridine rings is 1. The molecule has 28 heavy (non-hydrogen) atoms. The maximum absolute atomic E-state index is 10.3. The van der Waals surface area contributed by atoms with Gasteiger partial charge in [-0.15, -0.1) is 0 Å². The predicted octanol–water partition coefficient (Wildman–Crippen LogP) is 1.91. The summed E-state index contributed by atoms with van der Waals surface area (Å²) in [6.07, 6.45) is 4.51. The summed E-state index contributed by atoms with van der Waals surface area (Å²) in [6.45, 7) is 4.16. The molecule has 0 radical (unpaired) electrons. The standard InChI is InChI=1S/C22H31N3O3/c1-24(15-19-5-3-9-23-13-19)14-18-4-2-6-22(12-18)28-17-21(27)16-25-10-7-20(26)8-11-25/h2-6,9,12-13,20-21,26-27H,7-8,10-11,14-17H2,1H3/t21-/m0/s1. The van der Waals surface area contributed by atoms with Gasteiger partial charge in [-0.25, -0.2) is 0 Å². The Labute approximate surface area is 167 Å². The van der Waals surface area contributed by atoms with Gasteiger partial charge < -0.3 is 19.8 Å². The van der Waals surface area contributed by atoms with Gasteiger partial charge in [-0.1, -0.05) is 18.2 Å². The Bertz CT molecular complexity index is 705. The van der Waals surface area contributed by atoms with Crippen molar-refractivity contribution in [2.45, 2.75) is 38.1 Å². The molecule has 0 saturated carbocycles. The second-order valence-corrected chi connectivity index (χ2v) is 7.68. The lowest BCUT2D eigenvalue weighted by molar-refractivity contribution is 0.0337. The molecular formula is C22H31N3O3. The molecule has 152 valence electrons. The molecule has 2 heterocycles. The molecule has 1 aromatic heterocycles. The van der Waals surface area contributed by atoms with Gasteiger partial charge in [0.2, 0.25) is 0 Å². The highest BCUT2D eigenvalue weighted by Crippen LogP contribution is 2.16. The first kappa shape index (κ1) is 20.7. The fourth-order valence-corrected chi connectivity index (χ4v) is 3.55. The van der Waals surface area contributed by atoms with Crippen molar-refractivity contribution in [3.05, 3.63) is 59.9 Å². The summed E-state index contributed by atoms with van der Waals surface area (Å²) in [5.74, 6) is 0.778. The Morgan fingerprint density at radius 3 is 2.68 bits per heavy atom. The van der Waals surface area contributed by atoms with Gasteiger partial charge in [0.25, 0.3) is 0 Å². The van der Waals surface area contributed by atoms with Crippen molar-refractivity contribution in [3.63, 3.8) is 0 Å². The third-order valence-corrected chi connectivity index (χ3v) is 4.99. The van der Waals surface area contributed by atoms with Gasteiger partial charge in [-0.3, -0.25) is 9.88 Å². The van der Waals surface area contributed by atoms with Crippen molar-refractivity contribution in [2.75, 3.05) is 33.3 Å². The van der Waals surface area contributed by atoms with E-state index in [9.17, 15) is 10.2 Å². The molecule has 1 atom stereocenters. The summed E-state index contributed by atoms with van der Waals surface area (Å²) in [6, 6.07) is 12.1. The van der Waals surface area contributed by atoms with Crippen LogP contribution in [0.2, 0.25) is 0 Å². The molecule has 0 amide bonds. The Hall–Kier alpha value is -1.99. The van der Waals surface area contributed by atoms with Crippen LogP contribution in [0, 0.1) is 0 Å². The van der Waals surface area contributed by atoms with E-state index in [4.69, 9.17) is 4.74 Å². The monoisotopic (exact) mass is 385 g/mol. The lowest BCUT2D eigenvalue weighted by Gasteiger charge is -2.30. The first-order valence-corrected chi connectivity index (χ1v) is 9.96. The number of ether oxygens (including phenoxy) is 1. The van der Waals surface area contributed by atoms with Crippen LogP contribution >= 0.6 is 0 Å². The van der Waals surface area contributed by atoms with E-state index in [1.165, 1.54) is 11.1 Å². The third-order valence-electron chi connectivity index (χ3n) is 4.99. The lowest BCUT2D eigenvalue weighted by atomic mass is 10.1. The summed E-state index contributed by atoms with van der Waals surface area (Å²) in [5, 5.41) is 19.8. The van der Waals surface area contributed by atoms with Crippen LogP contribution in [0.5, 0.6) is 5.75 Å². The molecule has 1 saturated heterocycles. The molecule has 2 N–H and O–H groups in total. The minimum absolute atomic E-state index is 0.191. The highest BCUT2D eigenvalue weighted by molar-refractivity contribution is 5.28. The zero-order valence-electron chi connectivity index (χ0n) is 16.6. The Kier molecular flexibility index (Phi) is 7.80. The molecule has 3 rings (SSSR count). The second kappa shape index (κ2) is 10.5. The van der Waals surface area contributed by atoms with E-state index >= 15 is 0 Å². The third kappa shape index (κ3) is 6.87. The van der Waals surface area contributed by atoms with Crippen LogP contribution in [0.4, 0.5) is 0 Å². The molecule has 0 unspecified atom stereocenters. The molecule has 0 bridgehead atoms. The van der Waals surface area contributed by atoms with Crippen molar-refractivity contribution in [2.24, 2.45) is 0 Å². The van der Waals surface area contributed by atoms with Gasteiger partial charge >= 0.3 is 0 Å². The Morgan fingerprint density at radius 1 is 1.18 bits per heavy atom. The first-order valence-electron chi connectivity index (χ1n) is 9.96. The summed E-state index contributed by atoms with van der Waals surface area (Å²) in [5.41, 5.74) is 2.36. The number of hydrogen-bond donors (Lipinski definition) is 2. The first-order chi connectivity index (χ1) is 13.6. The topological polar surface area (TPSA) is 69.1 Å². The molecule has 1 aliphatic rings. The number of β-amino-alcohol motifs (C(OH)–C–C–N with tert-alkyl or cyclic N) is 1. The van der Waals surface area contributed by atoms with E-state index < -0.39 is 6.10 Å². The van der Waals surface area contributed by atoms with Crippen molar-refractivity contribution < 1.29 is 14.9 Å². The molecular weight excluding hydrogens is 354 g/mol. The fraction of sp³-hybridized carbons (Fsp3) is 0.500. The molecule has 6 nitrogen and oxygen atoms in total. The summed E-state index contributed by atoms with van der Waals surface area (Å²) in [4.78, 5) is 8.58. The van der Waals surface area contributed by atoms with Gasteiger partial charge in [0.1, 0.15) is 18.5 Å². The SMILES string of the molecule is CN(Cc1cccnc1)Cc1cccc(OC[C@@H](O)CN2CCC(O)CC2)c1. The van der Waals surface area contributed by atoms with Crippen LogP contribution in [0.3, 0.4) is 0 Å². The second-order valence-electron chi connectivity index (χ2n) is 7.68. The summed E-state index contributed by atoms with van der Waals surface area (Å²) < 4.78 is 5.82. The predicted molar refractivity (Wildman–Crippen MR) is 109 cm³/mol. The van der Waals surface area contributed by atoms with E-state index in [0.29, 0.717) is 6.54 Å². The van der Waals surface area contributed by atoms with Gasteiger partial charge in [-0.2, -0.15) is 0 Å². The zero-order chi connectivity index (χ0) is 19.8. The zero-order valence-corrected chi connectivity index (χ0v) is 16.6. The largest absolute Gasteiger partial charge is 0.491 e. The van der Waals surface area contributed by atoms with Gasteiger partial charge in [0, 0.05) is 45.1 Å². The number of likely N-dealkylation sites (tertiary alicyclic amines) is 1. The number of nitrogens with zero attached hydrogens (tertiary/aromatic N) is 3. The molecule has 1 fully saturated rings. The van der Waals surface area contributed by atoms with Crippen LogP contribution in [0.15, 0.2) is 48.8 Å². The van der Waals surface area contributed by atoms with Crippen molar-refractivity contribution in [1.29, 1.82) is 0 Å². The minimum Gasteiger partial charge on any atom is -0.491 e. The molecule has 0 aliphatic carbocycles. The number of hydrogen-bond acceptors (Lipinski definition) is 6. The number of piperidine rings is 1. The molecule has 0 spiro atoms. The van der Waals surface area contributed by atoms with Gasteiger partial charge in [0.15, 0.2) is 0 Å². The van der Waals surface area contributed by atoms with Crippen LogP contribution in [-0.2, 0) is 13.1 Å². The van der Waals surface area contributed by atoms with Crippen LogP contribution in [0.25, 0.3) is 0 Å².